The summed E-state index contributed by atoms with van der Waals surface area (Å²) >= 11 is 7.92. The third-order valence-electron chi connectivity index (χ3n) is 8.43. The summed E-state index contributed by atoms with van der Waals surface area (Å²) in [6, 6.07) is 8.58. The fourth-order valence-corrected chi connectivity index (χ4v) is 8.57. The summed E-state index contributed by atoms with van der Waals surface area (Å²) < 4.78 is 31.5. The lowest BCUT2D eigenvalue weighted by Crippen LogP contribution is -2.38. The third-order valence-corrected chi connectivity index (χ3v) is 11.0. The Morgan fingerprint density at radius 1 is 1.23 bits per heavy atom. The maximum Gasteiger partial charge on any atom is 0.325 e. The van der Waals surface area contributed by atoms with Gasteiger partial charge in [0.15, 0.2) is 5.78 Å². The number of carbonyl (C=O) groups excluding carboxylic acids is 1. The minimum atomic E-state index is -4.24. The predicted octanol–water partition coefficient (Wildman–Crippen LogP) is 4.85. The number of nitrogens with zero attached hydrogens (tertiary/aromatic N) is 1. The minimum Gasteiger partial charge on any atom is -0.480 e. The van der Waals surface area contributed by atoms with Crippen molar-refractivity contribution in [3.63, 3.8) is 0 Å². The quantitative estimate of drug-likeness (QED) is 0.534. The first-order chi connectivity index (χ1) is 16.3. The van der Waals surface area contributed by atoms with Crippen LogP contribution in [0, 0.1) is 16.7 Å². The summed E-state index contributed by atoms with van der Waals surface area (Å²) in [7, 11) is -4.24. The lowest BCUT2D eigenvalue weighted by molar-refractivity contribution is -0.144. The van der Waals surface area contributed by atoms with Crippen LogP contribution in [0.4, 0.5) is 0 Å². The maximum absolute atomic E-state index is 12.0. The van der Waals surface area contributed by atoms with Crippen molar-refractivity contribution in [3.8, 4) is 0 Å². The Morgan fingerprint density at radius 3 is 2.46 bits per heavy atom. The summed E-state index contributed by atoms with van der Waals surface area (Å²) in [6.45, 7) is 7.08. The number of fused-ring (bicyclic) bond motifs is 3. The van der Waals surface area contributed by atoms with Gasteiger partial charge in [0.05, 0.1) is 0 Å². The molecule has 1 aromatic carbocycles. The van der Waals surface area contributed by atoms with Crippen molar-refractivity contribution >= 4 is 44.8 Å². The fourth-order valence-electron chi connectivity index (χ4n) is 6.02. The molecule has 2 N–H and O–H groups in total. The summed E-state index contributed by atoms with van der Waals surface area (Å²) in [5, 5.41) is 11.0. The summed E-state index contributed by atoms with van der Waals surface area (Å²) in [5.41, 5.74) is 0.989. The average molecular weight is 540 g/mol. The van der Waals surface area contributed by atoms with Gasteiger partial charge in [-0.25, -0.2) is 0 Å². The van der Waals surface area contributed by atoms with Gasteiger partial charge in [-0.15, -0.1) is 11.3 Å². The summed E-state index contributed by atoms with van der Waals surface area (Å²) in [5.74, 6) is -1.38. The Balaban J connectivity index is 0.000000172. The molecule has 35 heavy (non-hydrogen) atoms. The molecular formula is C25H30ClNO6S2. The van der Waals surface area contributed by atoms with E-state index in [1.807, 2.05) is 37.8 Å². The Bertz CT molecular complexity index is 1260. The average Bonchev–Trinajstić information content (AvgIpc) is 3.36. The first kappa shape index (κ1) is 26.3. The van der Waals surface area contributed by atoms with E-state index in [-0.39, 0.29) is 17.1 Å². The lowest BCUT2D eigenvalue weighted by Gasteiger charge is -2.32. The lowest BCUT2D eigenvalue weighted by atomic mass is 9.70. The zero-order valence-electron chi connectivity index (χ0n) is 19.9. The number of benzene rings is 1. The standard InChI is InChI=1S/C15H14ClNO2S.C10H16O4S/c16-12-4-2-1-3-11(12)14(15(18)19)17-7-5-13-10(9-17)6-8-20-13;1-9(2)6-4-5-10(9,3)8(11)7(6)15(12,13)14/h1-4,6,8,14H,5,7,9H2,(H,18,19);6-7H,4-5H2,1-3H3,(H,12,13,14)/t14-;/m0./s1. The molecule has 2 heterocycles. The third kappa shape index (κ3) is 4.46. The molecule has 2 fully saturated rings. The van der Waals surface area contributed by atoms with Gasteiger partial charge in [0.1, 0.15) is 11.3 Å². The number of carboxylic acids is 1. The van der Waals surface area contributed by atoms with Gasteiger partial charge < -0.3 is 5.11 Å². The van der Waals surface area contributed by atoms with E-state index in [0.29, 0.717) is 23.6 Å². The SMILES string of the molecule is CC12CCC(C(S(=O)(=O)O)C1=O)C2(C)C.O=C(O)[C@H](c1ccccc1Cl)N1CCc2sccc2C1. The Labute approximate surface area is 214 Å². The molecule has 0 spiro atoms. The van der Waals surface area contributed by atoms with Crippen LogP contribution in [-0.4, -0.2) is 46.5 Å². The van der Waals surface area contributed by atoms with Crippen molar-refractivity contribution in [3.05, 3.63) is 56.7 Å². The summed E-state index contributed by atoms with van der Waals surface area (Å²) in [6.07, 6.45) is 2.34. The second-order valence-corrected chi connectivity index (χ2v) is 13.3. The molecule has 2 bridgehead atoms. The van der Waals surface area contributed by atoms with Crippen LogP contribution in [0.1, 0.15) is 55.7 Å². The molecule has 1 aliphatic heterocycles. The maximum atomic E-state index is 12.0. The number of Topliss-reactive ketones (excluding diaryl/α,β-unsaturated/α-hetero) is 1. The van der Waals surface area contributed by atoms with Crippen LogP contribution in [0.2, 0.25) is 5.02 Å². The van der Waals surface area contributed by atoms with E-state index in [2.05, 4.69) is 11.4 Å². The van der Waals surface area contributed by atoms with Gasteiger partial charge in [0, 0.05) is 28.4 Å². The van der Waals surface area contributed by atoms with E-state index in [1.54, 1.807) is 23.5 Å². The van der Waals surface area contributed by atoms with E-state index >= 15 is 0 Å². The Morgan fingerprint density at radius 2 is 1.91 bits per heavy atom. The highest BCUT2D eigenvalue weighted by Gasteiger charge is 2.69. The zero-order chi connectivity index (χ0) is 25.8. The predicted molar refractivity (Wildman–Crippen MR) is 135 cm³/mol. The second-order valence-electron chi connectivity index (χ2n) is 10.4. The largest absolute Gasteiger partial charge is 0.480 e. The molecule has 3 unspecified atom stereocenters. The fraction of sp³-hybridized carbons (Fsp3) is 0.520. The van der Waals surface area contributed by atoms with E-state index in [9.17, 15) is 23.1 Å². The highest BCUT2D eigenvalue weighted by Crippen LogP contribution is 2.64. The van der Waals surface area contributed by atoms with Gasteiger partial charge in [-0.3, -0.25) is 19.0 Å². The molecule has 0 saturated heterocycles. The van der Waals surface area contributed by atoms with E-state index in [0.717, 1.165) is 19.4 Å². The number of halogens is 1. The smallest absolute Gasteiger partial charge is 0.325 e. The van der Waals surface area contributed by atoms with Gasteiger partial charge in [-0.05, 0) is 59.2 Å². The van der Waals surface area contributed by atoms with Gasteiger partial charge >= 0.3 is 5.97 Å². The number of rotatable bonds is 4. The summed E-state index contributed by atoms with van der Waals surface area (Å²) in [4.78, 5) is 27.1. The first-order valence-electron chi connectivity index (χ1n) is 11.6. The van der Waals surface area contributed by atoms with Gasteiger partial charge in [-0.2, -0.15) is 8.42 Å². The van der Waals surface area contributed by atoms with Gasteiger partial charge in [0.25, 0.3) is 10.1 Å². The number of ketones is 1. The van der Waals surface area contributed by atoms with Crippen LogP contribution < -0.4 is 0 Å². The molecule has 3 aliphatic rings. The Hall–Kier alpha value is -1.78. The van der Waals surface area contributed by atoms with Gasteiger partial charge in [-0.1, -0.05) is 50.6 Å². The normalized spacial score (nSPS) is 28.2. The highest BCUT2D eigenvalue weighted by atomic mass is 35.5. The molecule has 190 valence electrons. The molecule has 2 aliphatic carbocycles. The minimum absolute atomic E-state index is 0.231. The van der Waals surface area contributed by atoms with Crippen LogP contribution in [0.3, 0.4) is 0 Å². The molecular weight excluding hydrogens is 510 g/mol. The highest BCUT2D eigenvalue weighted by molar-refractivity contribution is 7.87. The van der Waals surface area contributed by atoms with Crippen LogP contribution in [0.25, 0.3) is 0 Å². The van der Waals surface area contributed by atoms with Crippen LogP contribution in [0.15, 0.2) is 35.7 Å². The number of aliphatic carboxylic acids is 1. The molecule has 10 heteroatoms. The molecule has 0 amide bonds. The van der Waals surface area contributed by atoms with Crippen molar-refractivity contribution < 1.29 is 27.7 Å². The number of hydrogen-bond acceptors (Lipinski definition) is 6. The van der Waals surface area contributed by atoms with Crippen LogP contribution >= 0.6 is 22.9 Å². The molecule has 2 aromatic rings. The zero-order valence-corrected chi connectivity index (χ0v) is 22.3. The number of carbonyl (C=O) groups is 2. The monoisotopic (exact) mass is 539 g/mol. The Kier molecular flexibility index (Phi) is 6.96. The van der Waals surface area contributed by atoms with Crippen LogP contribution in [0.5, 0.6) is 0 Å². The topological polar surface area (TPSA) is 112 Å². The van der Waals surface area contributed by atoms with E-state index in [4.69, 9.17) is 16.2 Å². The molecule has 0 radical (unpaired) electrons. The van der Waals surface area contributed by atoms with Crippen molar-refractivity contribution in [1.29, 1.82) is 0 Å². The second kappa shape index (κ2) is 9.27. The van der Waals surface area contributed by atoms with Crippen molar-refractivity contribution in [2.45, 2.75) is 57.9 Å². The van der Waals surface area contributed by atoms with Crippen LogP contribution in [-0.2, 0) is 32.7 Å². The van der Waals surface area contributed by atoms with E-state index in [1.165, 1.54) is 10.4 Å². The molecule has 1 aromatic heterocycles. The molecule has 2 saturated carbocycles. The molecule has 7 nitrogen and oxygen atoms in total. The number of carboxylic acid groups (broad SMARTS) is 1. The van der Waals surface area contributed by atoms with E-state index < -0.39 is 32.8 Å². The molecule has 4 atom stereocenters. The number of thiophene rings is 1. The number of hydrogen-bond donors (Lipinski definition) is 2. The molecule has 5 rings (SSSR count). The van der Waals surface area contributed by atoms with Gasteiger partial charge in [0.2, 0.25) is 0 Å². The van der Waals surface area contributed by atoms with Crippen molar-refractivity contribution in [2.24, 2.45) is 16.7 Å². The van der Waals surface area contributed by atoms with Crippen molar-refractivity contribution in [1.82, 2.24) is 4.90 Å². The first-order valence-corrected chi connectivity index (χ1v) is 14.3. The van der Waals surface area contributed by atoms with Crippen molar-refractivity contribution in [2.75, 3.05) is 6.54 Å².